The van der Waals surface area contributed by atoms with Crippen LogP contribution in [0.5, 0.6) is 0 Å². The topological polar surface area (TPSA) is 12.0 Å². The van der Waals surface area contributed by atoms with E-state index in [1.54, 1.807) is 0 Å². The monoisotopic (exact) mass is 207 g/mol. The van der Waals surface area contributed by atoms with Crippen molar-refractivity contribution in [3.63, 3.8) is 0 Å². The minimum Gasteiger partial charge on any atom is -0.310 e. The maximum absolute atomic E-state index is 12.7. The molecule has 2 heteroatoms. The predicted molar refractivity (Wildman–Crippen MR) is 60.2 cm³/mol. The molecule has 1 atom stereocenters. The molecule has 82 valence electrons. The minimum absolute atomic E-state index is 0.162. The van der Waals surface area contributed by atoms with Crippen molar-refractivity contribution in [1.82, 2.24) is 5.32 Å². The van der Waals surface area contributed by atoms with Crippen LogP contribution in [0.25, 0.3) is 0 Å². The molecule has 1 fully saturated rings. The van der Waals surface area contributed by atoms with Gasteiger partial charge in [-0.2, -0.15) is 0 Å². The molecule has 0 aromatic heterocycles. The number of hydrogen-bond acceptors (Lipinski definition) is 1. The third-order valence-corrected chi connectivity index (χ3v) is 3.31. The Morgan fingerprint density at radius 3 is 2.53 bits per heavy atom. The van der Waals surface area contributed by atoms with Crippen molar-refractivity contribution in [2.75, 3.05) is 6.54 Å². The lowest BCUT2D eigenvalue weighted by Crippen LogP contribution is -2.29. The van der Waals surface area contributed by atoms with Crippen molar-refractivity contribution in [2.45, 2.75) is 32.2 Å². The molecule has 0 heterocycles. The van der Waals surface area contributed by atoms with Crippen LogP contribution in [0, 0.1) is 11.7 Å². The lowest BCUT2D eigenvalue weighted by atomic mass is 9.85. The second kappa shape index (κ2) is 4.75. The highest BCUT2D eigenvalue weighted by molar-refractivity contribution is 5.19. The zero-order chi connectivity index (χ0) is 10.7. The molecule has 1 aromatic rings. The minimum atomic E-state index is -0.162. The van der Waals surface area contributed by atoms with Gasteiger partial charge >= 0.3 is 0 Å². The Morgan fingerprint density at radius 2 is 2.00 bits per heavy atom. The first-order chi connectivity index (χ1) is 7.25. The molecule has 2 rings (SSSR count). The van der Waals surface area contributed by atoms with Crippen LogP contribution in [0.4, 0.5) is 4.39 Å². The van der Waals surface area contributed by atoms with Crippen LogP contribution >= 0.6 is 0 Å². The fraction of sp³-hybridized carbons (Fsp3) is 0.538. The Bertz CT molecular complexity index is 303. The highest BCUT2D eigenvalue weighted by Crippen LogP contribution is 2.26. The molecule has 1 unspecified atom stereocenters. The van der Waals surface area contributed by atoms with Crippen molar-refractivity contribution in [1.29, 1.82) is 0 Å². The fourth-order valence-corrected chi connectivity index (χ4v) is 1.91. The summed E-state index contributed by atoms with van der Waals surface area (Å²) in [6.07, 6.45) is 4.11. The maximum Gasteiger partial charge on any atom is 0.123 e. The second-order valence-electron chi connectivity index (χ2n) is 4.48. The molecular formula is C13H18FN. The highest BCUT2D eigenvalue weighted by Gasteiger charge is 2.17. The van der Waals surface area contributed by atoms with Gasteiger partial charge in [0.1, 0.15) is 5.82 Å². The van der Waals surface area contributed by atoms with E-state index >= 15 is 0 Å². The van der Waals surface area contributed by atoms with E-state index in [0.717, 1.165) is 18.0 Å². The maximum atomic E-state index is 12.7. The largest absolute Gasteiger partial charge is 0.310 e. The Kier molecular flexibility index (Phi) is 3.37. The average Bonchev–Trinajstić information content (AvgIpc) is 2.16. The van der Waals surface area contributed by atoms with Crippen molar-refractivity contribution < 1.29 is 4.39 Å². The quantitative estimate of drug-likeness (QED) is 0.799. The lowest BCUT2D eigenvalue weighted by molar-refractivity contribution is 0.292. The lowest BCUT2D eigenvalue weighted by Gasteiger charge is -2.27. The fourth-order valence-electron chi connectivity index (χ4n) is 1.91. The van der Waals surface area contributed by atoms with E-state index in [0.29, 0.717) is 6.04 Å². The average molecular weight is 207 g/mol. The summed E-state index contributed by atoms with van der Waals surface area (Å²) in [6.45, 7) is 3.23. The molecule has 1 nitrogen and oxygen atoms in total. The Balaban J connectivity index is 1.83. The smallest absolute Gasteiger partial charge is 0.123 e. The first-order valence-corrected chi connectivity index (χ1v) is 5.74. The van der Waals surface area contributed by atoms with Gasteiger partial charge in [0, 0.05) is 6.04 Å². The highest BCUT2D eigenvalue weighted by atomic mass is 19.1. The Labute approximate surface area is 90.7 Å². The van der Waals surface area contributed by atoms with E-state index in [1.165, 1.54) is 31.4 Å². The Hall–Kier alpha value is -0.890. The predicted octanol–water partition coefficient (Wildman–Crippen LogP) is 3.28. The SMILES string of the molecule is CC(NCC1CCC1)c1ccc(F)cc1. The number of rotatable bonds is 4. The van der Waals surface area contributed by atoms with Gasteiger partial charge in [-0.05, 0) is 49.9 Å². The molecule has 0 radical (unpaired) electrons. The van der Waals surface area contributed by atoms with Crippen molar-refractivity contribution >= 4 is 0 Å². The first-order valence-electron chi connectivity index (χ1n) is 5.74. The molecule has 15 heavy (non-hydrogen) atoms. The van der Waals surface area contributed by atoms with Gasteiger partial charge in [-0.15, -0.1) is 0 Å². The standard InChI is InChI=1S/C13H18FN/c1-10(15-9-11-3-2-4-11)12-5-7-13(14)8-6-12/h5-8,10-11,15H,2-4,9H2,1H3. The molecule has 1 aliphatic rings. The van der Waals surface area contributed by atoms with Crippen LogP contribution in [0.2, 0.25) is 0 Å². The van der Waals surface area contributed by atoms with Gasteiger partial charge in [0.05, 0.1) is 0 Å². The van der Waals surface area contributed by atoms with E-state index in [9.17, 15) is 4.39 Å². The third kappa shape index (κ3) is 2.78. The van der Waals surface area contributed by atoms with Crippen molar-refractivity contribution in [3.05, 3.63) is 35.6 Å². The molecule has 0 aliphatic heterocycles. The number of halogens is 1. The summed E-state index contributed by atoms with van der Waals surface area (Å²) in [6, 6.07) is 7.08. The van der Waals surface area contributed by atoms with Crippen LogP contribution < -0.4 is 5.32 Å². The van der Waals surface area contributed by atoms with Crippen molar-refractivity contribution in [2.24, 2.45) is 5.92 Å². The molecule has 1 aromatic carbocycles. The van der Waals surface area contributed by atoms with E-state index in [4.69, 9.17) is 0 Å². The third-order valence-electron chi connectivity index (χ3n) is 3.31. The van der Waals surface area contributed by atoms with E-state index in [-0.39, 0.29) is 5.82 Å². The summed E-state index contributed by atoms with van der Waals surface area (Å²) in [4.78, 5) is 0. The summed E-state index contributed by atoms with van der Waals surface area (Å²) in [5.74, 6) is 0.706. The van der Waals surface area contributed by atoms with Gasteiger partial charge in [0.25, 0.3) is 0 Å². The van der Waals surface area contributed by atoms with Gasteiger partial charge in [0.15, 0.2) is 0 Å². The number of benzene rings is 1. The van der Waals surface area contributed by atoms with Gasteiger partial charge in [-0.1, -0.05) is 18.6 Å². The van der Waals surface area contributed by atoms with E-state index < -0.39 is 0 Å². The number of nitrogens with one attached hydrogen (secondary N) is 1. The zero-order valence-electron chi connectivity index (χ0n) is 9.17. The number of hydrogen-bond donors (Lipinski definition) is 1. The van der Waals surface area contributed by atoms with Crippen LogP contribution in [0.15, 0.2) is 24.3 Å². The van der Waals surface area contributed by atoms with E-state index in [2.05, 4.69) is 12.2 Å². The second-order valence-corrected chi connectivity index (χ2v) is 4.48. The Morgan fingerprint density at radius 1 is 1.33 bits per heavy atom. The zero-order valence-corrected chi connectivity index (χ0v) is 9.17. The normalized spacial score (nSPS) is 18.5. The van der Waals surface area contributed by atoms with Gasteiger partial charge in [-0.25, -0.2) is 4.39 Å². The molecule has 0 spiro atoms. The summed E-state index contributed by atoms with van der Waals surface area (Å²) in [7, 11) is 0. The first kappa shape index (κ1) is 10.6. The van der Waals surface area contributed by atoms with Crippen molar-refractivity contribution in [3.8, 4) is 0 Å². The molecule has 0 amide bonds. The molecule has 0 saturated heterocycles. The summed E-state index contributed by atoms with van der Waals surface area (Å²) < 4.78 is 12.7. The van der Waals surface area contributed by atoms with E-state index in [1.807, 2.05) is 12.1 Å². The van der Waals surface area contributed by atoms with Crippen LogP contribution in [0.3, 0.4) is 0 Å². The summed E-state index contributed by atoms with van der Waals surface area (Å²) in [5, 5.41) is 3.50. The summed E-state index contributed by atoms with van der Waals surface area (Å²) >= 11 is 0. The van der Waals surface area contributed by atoms with Gasteiger partial charge in [-0.3, -0.25) is 0 Å². The molecular weight excluding hydrogens is 189 g/mol. The van der Waals surface area contributed by atoms with Crippen LogP contribution in [0.1, 0.15) is 37.8 Å². The molecule has 0 bridgehead atoms. The molecule has 1 saturated carbocycles. The van der Waals surface area contributed by atoms with Gasteiger partial charge < -0.3 is 5.32 Å². The van der Waals surface area contributed by atoms with Gasteiger partial charge in [0.2, 0.25) is 0 Å². The van der Waals surface area contributed by atoms with Crippen LogP contribution in [-0.4, -0.2) is 6.54 Å². The van der Waals surface area contributed by atoms with Crippen LogP contribution in [-0.2, 0) is 0 Å². The molecule has 1 N–H and O–H groups in total. The summed E-state index contributed by atoms with van der Waals surface area (Å²) in [5.41, 5.74) is 1.16. The molecule has 1 aliphatic carbocycles.